The van der Waals surface area contributed by atoms with E-state index in [0.717, 1.165) is 24.3 Å². The van der Waals surface area contributed by atoms with Gasteiger partial charge in [-0.1, -0.05) is 24.3 Å². The van der Waals surface area contributed by atoms with Crippen LogP contribution in [0.2, 0.25) is 0 Å². The second kappa shape index (κ2) is 16.5. The van der Waals surface area contributed by atoms with Crippen LogP contribution in [-0.4, -0.2) is 87.0 Å². The molecule has 284 valence electrons. The Morgan fingerprint density at radius 1 is 0.764 bits per heavy atom. The monoisotopic (exact) mass is 754 g/mol. The number of phenols is 4. The molecule has 0 radical (unpaired) electrons. The number of methoxy groups -OCH3 is 1. The molecule has 0 aliphatic carbocycles. The third-order valence-electron chi connectivity index (χ3n) is 8.39. The summed E-state index contributed by atoms with van der Waals surface area (Å²) in [4.78, 5) is 38.5. The Balaban J connectivity index is 1.25. The number of fused-ring (bicyclic) bond motifs is 1. The van der Waals surface area contributed by atoms with Gasteiger partial charge in [-0.2, -0.15) is 0 Å². The molecule has 6 N–H and O–H groups in total. The van der Waals surface area contributed by atoms with Gasteiger partial charge in [-0.25, -0.2) is 9.59 Å². The predicted molar refractivity (Wildman–Crippen MR) is 194 cm³/mol. The van der Waals surface area contributed by atoms with Crippen LogP contribution in [0.1, 0.15) is 11.1 Å². The summed E-state index contributed by atoms with van der Waals surface area (Å²) in [6.07, 6.45) is -3.51. The number of rotatable bonds is 11. The lowest BCUT2D eigenvalue weighted by Crippen LogP contribution is -2.61. The highest BCUT2D eigenvalue weighted by Gasteiger charge is 2.48. The first-order valence-corrected chi connectivity index (χ1v) is 16.6. The minimum absolute atomic E-state index is 0.0159. The quantitative estimate of drug-likeness (QED) is 0.0827. The molecule has 55 heavy (non-hydrogen) atoms. The summed E-state index contributed by atoms with van der Waals surface area (Å²) in [5.41, 5.74) is 0.724. The van der Waals surface area contributed by atoms with Crippen molar-refractivity contribution in [3.63, 3.8) is 0 Å². The number of benzene rings is 4. The molecule has 15 heteroatoms. The van der Waals surface area contributed by atoms with Crippen LogP contribution >= 0.6 is 0 Å². The summed E-state index contributed by atoms with van der Waals surface area (Å²) < 4.78 is 33.5. The maximum absolute atomic E-state index is 13.1. The molecule has 1 aromatic heterocycles. The van der Waals surface area contributed by atoms with Gasteiger partial charge in [-0.3, -0.25) is 4.79 Å². The van der Waals surface area contributed by atoms with E-state index in [0.29, 0.717) is 16.7 Å². The molecule has 0 amide bonds. The van der Waals surface area contributed by atoms with E-state index < -0.39 is 60.4 Å². The first-order valence-electron chi connectivity index (χ1n) is 16.6. The first kappa shape index (κ1) is 37.9. The fraction of sp³-hybridized carbons (Fsp3) is 0.175. The van der Waals surface area contributed by atoms with Crippen molar-refractivity contribution in [1.82, 2.24) is 0 Å². The van der Waals surface area contributed by atoms with E-state index in [9.17, 15) is 45.0 Å². The van der Waals surface area contributed by atoms with Crippen molar-refractivity contribution >= 4 is 35.1 Å². The predicted octanol–water partition coefficient (Wildman–Crippen LogP) is 4.00. The average Bonchev–Trinajstić information content (AvgIpc) is 3.16. The Kier molecular flexibility index (Phi) is 11.4. The van der Waals surface area contributed by atoms with Crippen LogP contribution in [-0.2, 0) is 23.8 Å². The number of aliphatic hydroxyl groups is 2. The second-order valence-corrected chi connectivity index (χ2v) is 12.2. The molecule has 6 rings (SSSR count). The molecule has 1 fully saturated rings. The number of aromatic hydroxyl groups is 4. The second-order valence-electron chi connectivity index (χ2n) is 12.2. The SMILES string of the molecule is COc1cc(-c2cc(=O)c3c(O)cc(O[C@@H]4O[C@H](COC(=O)/C=C/c5ccc(O)cc5)[C@@H](O)[C@H](OC(=O)/C=C/c5ccc(O)cc5)[C@@H]4O)cc3o2)ccc1O. The Bertz CT molecular complexity index is 2290. The van der Waals surface area contributed by atoms with Gasteiger partial charge in [0.1, 0.15) is 58.5 Å². The number of esters is 2. The zero-order valence-electron chi connectivity index (χ0n) is 28.8. The molecule has 1 aliphatic heterocycles. The van der Waals surface area contributed by atoms with Crippen molar-refractivity contribution in [3.8, 4) is 45.8 Å². The van der Waals surface area contributed by atoms with Gasteiger partial charge in [0.2, 0.25) is 6.29 Å². The van der Waals surface area contributed by atoms with E-state index in [1.54, 1.807) is 12.1 Å². The van der Waals surface area contributed by atoms with E-state index in [1.165, 1.54) is 79.9 Å². The van der Waals surface area contributed by atoms with Crippen LogP contribution in [0.3, 0.4) is 0 Å². The summed E-state index contributed by atoms with van der Waals surface area (Å²) in [5.74, 6) is -2.46. The van der Waals surface area contributed by atoms with E-state index in [-0.39, 0.29) is 45.5 Å². The normalized spacial score (nSPS) is 19.7. The van der Waals surface area contributed by atoms with Gasteiger partial charge in [-0.15, -0.1) is 0 Å². The van der Waals surface area contributed by atoms with Crippen molar-refractivity contribution in [2.24, 2.45) is 0 Å². The number of hydrogen-bond acceptors (Lipinski definition) is 15. The minimum atomic E-state index is -1.86. The number of ether oxygens (including phenoxy) is 5. The number of aliphatic hydroxyl groups excluding tert-OH is 2. The van der Waals surface area contributed by atoms with Crippen molar-refractivity contribution < 1.29 is 68.3 Å². The molecule has 0 saturated carbocycles. The third kappa shape index (κ3) is 9.05. The molecular weight excluding hydrogens is 720 g/mol. The number of phenolic OH excluding ortho intramolecular Hbond substituents is 4. The molecule has 1 saturated heterocycles. The van der Waals surface area contributed by atoms with Gasteiger partial charge in [-0.05, 0) is 65.7 Å². The maximum Gasteiger partial charge on any atom is 0.331 e. The lowest BCUT2D eigenvalue weighted by molar-refractivity contribution is -0.281. The smallest absolute Gasteiger partial charge is 0.331 e. The summed E-state index contributed by atoms with van der Waals surface area (Å²) in [6, 6.07) is 19.6. The zero-order valence-corrected chi connectivity index (χ0v) is 28.8. The molecule has 2 heterocycles. The van der Waals surface area contributed by atoms with Crippen LogP contribution in [0.25, 0.3) is 34.4 Å². The van der Waals surface area contributed by atoms with Crippen LogP contribution < -0.4 is 14.9 Å². The molecule has 5 aromatic rings. The molecule has 1 aliphatic rings. The highest BCUT2D eigenvalue weighted by atomic mass is 16.7. The Hall–Kier alpha value is -6.81. The van der Waals surface area contributed by atoms with E-state index in [4.69, 9.17) is 28.1 Å². The van der Waals surface area contributed by atoms with Gasteiger partial charge in [0.15, 0.2) is 29.1 Å². The Morgan fingerprint density at radius 2 is 1.40 bits per heavy atom. The van der Waals surface area contributed by atoms with E-state index >= 15 is 0 Å². The third-order valence-corrected chi connectivity index (χ3v) is 8.39. The van der Waals surface area contributed by atoms with Gasteiger partial charge in [0.25, 0.3) is 0 Å². The van der Waals surface area contributed by atoms with E-state index in [2.05, 4.69) is 0 Å². The number of carbonyl (C=O) groups excluding carboxylic acids is 2. The van der Waals surface area contributed by atoms with Gasteiger partial charge in [0.05, 0.1) is 7.11 Å². The Morgan fingerprint density at radius 3 is 2.04 bits per heavy atom. The topological polar surface area (TPSA) is 232 Å². The summed E-state index contributed by atoms with van der Waals surface area (Å²) in [5, 5.41) is 62.1. The number of carbonyl (C=O) groups is 2. The molecule has 15 nitrogen and oxygen atoms in total. The molecule has 0 spiro atoms. The lowest BCUT2D eigenvalue weighted by atomic mass is 9.99. The fourth-order valence-corrected chi connectivity index (χ4v) is 5.58. The molecule has 5 atom stereocenters. The lowest BCUT2D eigenvalue weighted by Gasteiger charge is -2.41. The van der Waals surface area contributed by atoms with Gasteiger partial charge in [0, 0.05) is 35.9 Å². The van der Waals surface area contributed by atoms with Gasteiger partial charge >= 0.3 is 11.9 Å². The van der Waals surface area contributed by atoms with Crippen LogP contribution in [0.5, 0.6) is 34.5 Å². The van der Waals surface area contributed by atoms with Crippen molar-refractivity contribution in [3.05, 3.63) is 118 Å². The Labute approximate surface area is 311 Å². The molecular formula is C40H34O15. The largest absolute Gasteiger partial charge is 0.508 e. The molecule has 0 unspecified atom stereocenters. The summed E-state index contributed by atoms with van der Waals surface area (Å²) in [7, 11) is 1.35. The number of hydrogen-bond donors (Lipinski definition) is 6. The minimum Gasteiger partial charge on any atom is -0.508 e. The first-order chi connectivity index (χ1) is 26.4. The van der Waals surface area contributed by atoms with Crippen LogP contribution in [0.15, 0.2) is 106 Å². The van der Waals surface area contributed by atoms with Crippen molar-refractivity contribution in [2.75, 3.05) is 13.7 Å². The maximum atomic E-state index is 13.1. The summed E-state index contributed by atoms with van der Waals surface area (Å²) >= 11 is 0. The van der Waals surface area contributed by atoms with E-state index in [1.807, 2.05) is 0 Å². The highest BCUT2D eigenvalue weighted by Crippen LogP contribution is 2.36. The van der Waals surface area contributed by atoms with Crippen LogP contribution in [0, 0.1) is 0 Å². The van der Waals surface area contributed by atoms with Gasteiger partial charge < -0.3 is 58.7 Å². The fourth-order valence-electron chi connectivity index (χ4n) is 5.58. The molecule has 0 bridgehead atoms. The zero-order chi connectivity index (χ0) is 39.2. The van der Waals surface area contributed by atoms with Crippen LogP contribution in [0.4, 0.5) is 0 Å². The summed E-state index contributed by atoms with van der Waals surface area (Å²) in [6.45, 7) is -0.596. The highest BCUT2D eigenvalue weighted by molar-refractivity contribution is 5.88. The van der Waals surface area contributed by atoms with Crippen molar-refractivity contribution in [2.45, 2.75) is 30.7 Å². The average molecular weight is 755 g/mol. The molecule has 4 aromatic carbocycles. The standard InChI is InChI=1S/C40H34O15/c1-50-31-16-23(8-13-27(31)43)30-19-29(45)36-28(44)17-26(18-32(36)53-30)52-40-38(49)39(55-35(47)15-7-22-4-11-25(42)12-5-22)37(48)33(54-40)20-51-34(46)14-6-21-2-9-24(41)10-3-21/h2-19,33,37-44,48-49H,20H2,1H3/b14-6+,15-7+/t33-,37-,38+,39+,40-/m1/s1. The van der Waals surface area contributed by atoms with Crippen molar-refractivity contribution in [1.29, 1.82) is 0 Å².